The van der Waals surface area contributed by atoms with Crippen LogP contribution in [0.3, 0.4) is 0 Å². The highest BCUT2D eigenvalue weighted by Crippen LogP contribution is 2.29. The standard InChI is InChI=1S/C27H29F3N4O4S/c1-3-14-38-25(36)22-23(34(20-7-5-4-6-8-20)26(39)32(2)24(22)35)31-21-17-33(13-15-37-21)16-18-9-11-19(12-10-18)27(28,29)30/h4-12,21,31H,3,13-17H2,1-2H3. The van der Waals surface area contributed by atoms with Crippen LogP contribution in [0.25, 0.3) is 5.69 Å². The van der Waals surface area contributed by atoms with Crippen LogP contribution in [0.15, 0.2) is 59.4 Å². The number of para-hydroxylation sites is 1. The summed E-state index contributed by atoms with van der Waals surface area (Å²) >= 11 is 5.60. The molecule has 1 N–H and O–H groups in total. The Morgan fingerprint density at radius 3 is 2.49 bits per heavy atom. The SMILES string of the molecule is CCCOC(=O)c1c(NC2CN(Cc3ccc(C(F)(F)F)cc3)CCO2)n(-c2ccccc2)c(=S)n(C)c1=O. The number of esters is 1. The van der Waals surface area contributed by atoms with Crippen molar-refractivity contribution in [1.29, 1.82) is 0 Å². The van der Waals surface area contributed by atoms with Crippen LogP contribution in [0, 0.1) is 4.77 Å². The number of ether oxygens (including phenoxy) is 2. The van der Waals surface area contributed by atoms with E-state index in [2.05, 4.69) is 5.32 Å². The van der Waals surface area contributed by atoms with Crippen LogP contribution < -0.4 is 10.9 Å². The molecule has 1 fully saturated rings. The summed E-state index contributed by atoms with van der Waals surface area (Å²) in [5.74, 6) is -0.631. The van der Waals surface area contributed by atoms with Crippen LogP contribution in [0.2, 0.25) is 0 Å². The van der Waals surface area contributed by atoms with Gasteiger partial charge in [0.1, 0.15) is 12.0 Å². The highest BCUT2D eigenvalue weighted by atomic mass is 32.1. The monoisotopic (exact) mass is 562 g/mol. The Kier molecular flexibility index (Phi) is 8.88. The van der Waals surface area contributed by atoms with E-state index in [0.29, 0.717) is 43.9 Å². The maximum Gasteiger partial charge on any atom is 0.416 e. The second kappa shape index (κ2) is 12.1. The van der Waals surface area contributed by atoms with Gasteiger partial charge in [-0.1, -0.05) is 37.3 Å². The topological polar surface area (TPSA) is 77.7 Å². The van der Waals surface area contributed by atoms with Gasteiger partial charge in [-0.2, -0.15) is 13.2 Å². The molecule has 1 aliphatic heterocycles. The van der Waals surface area contributed by atoms with E-state index in [9.17, 15) is 22.8 Å². The lowest BCUT2D eigenvalue weighted by Gasteiger charge is -2.34. The molecule has 0 radical (unpaired) electrons. The molecule has 1 unspecified atom stereocenters. The number of aromatic nitrogens is 2. The van der Waals surface area contributed by atoms with Crippen LogP contribution in [-0.4, -0.2) is 52.5 Å². The first kappa shape index (κ1) is 28.5. The van der Waals surface area contributed by atoms with Gasteiger partial charge in [0.2, 0.25) is 0 Å². The molecule has 0 amide bonds. The Balaban J connectivity index is 1.66. The Labute approximate surface area is 228 Å². The van der Waals surface area contributed by atoms with E-state index in [1.807, 2.05) is 30.0 Å². The van der Waals surface area contributed by atoms with E-state index in [1.54, 1.807) is 16.7 Å². The van der Waals surface area contributed by atoms with Gasteiger partial charge >= 0.3 is 12.1 Å². The minimum atomic E-state index is -4.40. The first-order valence-corrected chi connectivity index (χ1v) is 12.9. The molecule has 12 heteroatoms. The maximum absolute atomic E-state index is 13.3. The third-order valence-electron chi connectivity index (χ3n) is 6.25. The van der Waals surface area contributed by atoms with Crippen LogP contribution in [-0.2, 0) is 29.2 Å². The quantitative estimate of drug-likeness (QED) is 0.313. The fourth-order valence-electron chi connectivity index (χ4n) is 4.26. The molecule has 0 saturated carbocycles. The number of hydrogen-bond acceptors (Lipinski definition) is 7. The van der Waals surface area contributed by atoms with Crippen LogP contribution in [0.5, 0.6) is 0 Å². The average molecular weight is 563 g/mol. The van der Waals surface area contributed by atoms with Gasteiger partial charge in [0.25, 0.3) is 5.56 Å². The predicted molar refractivity (Wildman–Crippen MR) is 143 cm³/mol. The maximum atomic E-state index is 13.3. The smallest absolute Gasteiger partial charge is 0.416 e. The van der Waals surface area contributed by atoms with Gasteiger partial charge in [-0.05, 0) is 48.5 Å². The molecule has 208 valence electrons. The number of rotatable bonds is 8. The van der Waals surface area contributed by atoms with Crippen molar-refractivity contribution in [3.05, 3.63) is 86.4 Å². The summed E-state index contributed by atoms with van der Waals surface area (Å²) in [6.07, 6.45) is -4.47. The lowest BCUT2D eigenvalue weighted by Crippen LogP contribution is -2.46. The van der Waals surface area contributed by atoms with Crippen molar-refractivity contribution in [1.82, 2.24) is 14.0 Å². The molecule has 3 aromatic rings. The summed E-state index contributed by atoms with van der Waals surface area (Å²) in [5, 5.41) is 3.20. The molecule has 2 heterocycles. The molecule has 39 heavy (non-hydrogen) atoms. The summed E-state index contributed by atoms with van der Waals surface area (Å²) in [6, 6.07) is 14.1. The molecule has 1 saturated heterocycles. The van der Waals surface area contributed by atoms with Crippen LogP contribution in [0.4, 0.5) is 19.0 Å². The number of carbonyl (C=O) groups excluding carboxylic acids is 1. The summed E-state index contributed by atoms with van der Waals surface area (Å²) in [6.45, 7) is 3.59. The predicted octanol–water partition coefficient (Wildman–Crippen LogP) is 4.76. The Morgan fingerprint density at radius 2 is 1.85 bits per heavy atom. The van der Waals surface area contributed by atoms with E-state index < -0.39 is 29.5 Å². The largest absolute Gasteiger partial charge is 0.462 e. The Morgan fingerprint density at radius 1 is 1.15 bits per heavy atom. The number of nitrogens with zero attached hydrogens (tertiary/aromatic N) is 3. The summed E-state index contributed by atoms with van der Waals surface area (Å²) in [7, 11) is 1.49. The number of alkyl halides is 3. The number of morpholine rings is 1. The molecule has 1 atom stereocenters. The fourth-order valence-corrected chi connectivity index (χ4v) is 4.54. The molecule has 0 bridgehead atoms. The zero-order chi connectivity index (χ0) is 28.2. The van der Waals surface area contributed by atoms with E-state index in [4.69, 9.17) is 21.7 Å². The number of halogens is 3. The molecular weight excluding hydrogens is 533 g/mol. The highest BCUT2D eigenvalue weighted by Gasteiger charge is 2.31. The van der Waals surface area contributed by atoms with Crippen LogP contribution >= 0.6 is 12.2 Å². The zero-order valence-corrected chi connectivity index (χ0v) is 22.3. The van der Waals surface area contributed by atoms with Crippen molar-refractivity contribution in [2.75, 3.05) is 31.6 Å². The molecule has 0 aliphatic carbocycles. The molecular formula is C27H29F3N4O4S. The third kappa shape index (κ3) is 6.57. The van der Waals surface area contributed by atoms with Gasteiger partial charge in [0.05, 0.1) is 18.8 Å². The van der Waals surface area contributed by atoms with Crippen molar-refractivity contribution in [2.24, 2.45) is 7.05 Å². The highest BCUT2D eigenvalue weighted by molar-refractivity contribution is 7.71. The molecule has 8 nitrogen and oxygen atoms in total. The van der Waals surface area contributed by atoms with Crippen molar-refractivity contribution in [2.45, 2.75) is 32.3 Å². The van der Waals surface area contributed by atoms with Crippen LogP contribution in [0.1, 0.15) is 34.8 Å². The average Bonchev–Trinajstić information content (AvgIpc) is 2.91. The number of benzene rings is 2. The third-order valence-corrected chi connectivity index (χ3v) is 6.71. The number of nitrogens with one attached hydrogen (secondary N) is 1. The Bertz CT molecular complexity index is 1420. The summed E-state index contributed by atoms with van der Waals surface area (Å²) in [4.78, 5) is 28.4. The second-order valence-electron chi connectivity index (χ2n) is 9.11. The van der Waals surface area contributed by atoms with Gasteiger partial charge in [0, 0.05) is 32.4 Å². The summed E-state index contributed by atoms with van der Waals surface area (Å²) < 4.78 is 53.0. The minimum absolute atomic E-state index is 0.142. The van der Waals surface area contributed by atoms with E-state index in [1.165, 1.54) is 23.7 Å². The molecule has 2 aromatic carbocycles. The molecule has 1 aromatic heterocycles. The number of carbonyl (C=O) groups is 1. The van der Waals surface area contributed by atoms with Gasteiger partial charge in [-0.3, -0.25) is 18.8 Å². The van der Waals surface area contributed by atoms with Crippen molar-refractivity contribution in [3.8, 4) is 5.69 Å². The van der Waals surface area contributed by atoms with Gasteiger partial charge in [-0.25, -0.2) is 4.79 Å². The first-order chi connectivity index (χ1) is 18.6. The summed E-state index contributed by atoms with van der Waals surface area (Å²) in [5.41, 5.74) is -0.165. The van der Waals surface area contributed by atoms with E-state index in [-0.39, 0.29) is 22.8 Å². The Hall–Kier alpha value is -3.48. The minimum Gasteiger partial charge on any atom is -0.462 e. The van der Waals surface area contributed by atoms with E-state index in [0.717, 1.165) is 12.1 Å². The van der Waals surface area contributed by atoms with Crippen molar-refractivity contribution >= 4 is 24.0 Å². The van der Waals surface area contributed by atoms with Gasteiger partial charge in [0.15, 0.2) is 10.3 Å². The fraction of sp³-hybridized carbons (Fsp3) is 0.370. The van der Waals surface area contributed by atoms with Crippen molar-refractivity contribution < 1.29 is 27.4 Å². The number of hydrogen-bond donors (Lipinski definition) is 1. The first-order valence-electron chi connectivity index (χ1n) is 12.5. The number of anilines is 1. The molecule has 1 aliphatic rings. The van der Waals surface area contributed by atoms with Crippen molar-refractivity contribution in [3.63, 3.8) is 0 Å². The lowest BCUT2D eigenvalue weighted by molar-refractivity contribution is -0.137. The normalized spacial score (nSPS) is 16.2. The molecule has 4 rings (SSSR count). The van der Waals surface area contributed by atoms with E-state index >= 15 is 0 Å². The second-order valence-corrected chi connectivity index (χ2v) is 9.48. The zero-order valence-electron chi connectivity index (χ0n) is 21.5. The lowest BCUT2D eigenvalue weighted by atomic mass is 10.1. The van der Waals surface area contributed by atoms with Gasteiger partial charge in [-0.15, -0.1) is 0 Å². The van der Waals surface area contributed by atoms with Gasteiger partial charge < -0.3 is 14.8 Å². The molecule has 0 spiro atoms.